The Bertz CT molecular complexity index is 448. The third-order valence-electron chi connectivity index (χ3n) is 2.52. The molecule has 0 saturated heterocycles. The highest BCUT2D eigenvalue weighted by Crippen LogP contribution is 2.22. The summed E-state index contributed by atoms with van der Waals surface area (Å²) in [5.74, 6) is 7.06. The normalized spacial score (nSPS) is 10.4. The number of nitrogens with one attached hydrogen (secondary N) is 2. The van der Waals surface area contributed by atoms with Crippen LogP contribution in [-0.2, 0) is 9.53 Å². The van der Waals surface area contributed by atoms with Gasteiger partial charge in [0.15, 0.2) is 0 Å². The van der Waals surface area contributed by atoms with Gasteiger partial charge in [-0.15, -0.1) is 0 Å². The van der Waals surface area contributed by atoms with Gasteiger partial charge in [0.2, 0.25) is 0 Å². The zero-order chi connectivity index (χ0) is 14.4. The number of hydrazine groups is 1. The van der Waals surface area contributed by atoms with Crippen molar-refractivity contribution in [1.82, 2.24) is 9.97 Å². The van der Waals surface area contributed by atoms with E-state index in [0.29, 0.717) is 24.1 Å². The number of nitrogen functional groups attached to an aromatic ring is 1. The van der Waals surface area contributed by atoms with E-state index in [0.717, 1.165) is 5.56 Å². The van der Waals surface area contributed by atoms with Gasteiger partial charge in [-0.25, -0.2) is 15.8 Å². The molecule has 106 valence electrons. The molecule has 0 aromatic carbocycles. The molecule has 0 atom stereocenters. The maximum atomic E-state index is 11.3. The number of rotatable bonds is 6. The van der Waals surface area contributed by atoms with Gasteiger partial charge in [-0.3, -0.25) is 4.79 Å². The number of carbonyl (C=O) groups excluding carboxylic acids is 1. The Balaban J connectivity index is 2.92. The predicted molar refractivity (Wildman–Crippen MR) is 73.8 cm³/mol. The van der Waals surface area contributed by atoms with E-state index in [9.17, 15) is 4.79 Å². The summed E-state index contributed by atoms with van der Waals surface area (Å²) >= 11 is 0. The summed E-state index contributed by atoms with van der Waals surface area (Å²) in [6.45, 7) is 7.98. The smallest absolute Gasteiger partial charge is 0.325 e. The topological polar surface area (TPSA) is 102 Å². The van der Waals surface area contributed by atoms with Gasteiger partial charge in [0.25, 0.3) is 0 Å². The van der Waals surface area contributed by atoms with Crippen LogP contribution in [0.1, 0.15) is 38.1 Å². The minimum atomic E-state index is -0.325. The third-order valence-corrected chi connectivity index (χ3v) is 2.52. The van der Waals surface area contributed by atoms with E-state index < -0.39 is 0 Å². The first-order chi connectivity index (χ1) is 8.99. The molecule has 0 fully saturated rings. The highest BCUT2D eigenvalue weighted by atomic mass is 16.5. The number of hydrogen-bond acceptors (Lipinski definition) is 7. The minimum absolute atomic E-state index is 0.0627. The lowest BCUT2D eigenvalue weighted by Gasteiger charge is -2.14. The van der Waals surface area contributed by atoms with E-state index in [4.69, 9.17) is 10.6 Å². The zero-order valence-electron chi connectivity index (χ0n) is 11.8. The van der Waals surface area contributed by atoms with E-state index in [2.05, 4.69) is 20.7 Å². The van der Waals surface area contributed by atoms with Crippen molar-refractivity contribution in [3.8, 4) is 0 Å². The molecule has 0 aliphatic rings. The molecule has 0 aliphatic carbocycles. The second-order valence-electron chi connectivity index (χ2n) is 4.36. The number of nitrogens with two attached hydrogens (primary N) is 1. The molecule has 0 amide bonds. The Labute approximate surface area is 112 Å². The number of anilines is 2. The van der Waals surface area contributed by atoms with Crippen LogP contribution in [0.25, 0.3) is 0 Å². The maximum absolute atomic E-state index is 11.3. The Kier molecular flexibility index (Phi) is 5.50. The van der Waals surface area contributed by atoms with Crippen LogP contribution < -0.4 is 16.6 Å². The SMILES string of the molecule is CCOC(=O)CNc1nc(C(C)C)nc(NN)c1C. The first-order valence-corrected chi connectivity index (χ1v) is 6.24. The van der Waals surface area contributed by atoms with Gasteiger partial charge in [0, 0.05) is 11.5 Å². The van der Waals surface area contributed by atoms with Crippen molar-refractivity contribution >= 4 is 17.6 Å². The van der Waals surface area contributed by atoms with Crippen LogP contribution in [0.5, 0.6) is 0 Å². The van der Waals surface area contributed by atoms with Gasteiger partial charge in [-0.2, -0.15) is 0 Å². The highest BCUT2D eigenvalue weighted by Gasteiger charge is 2.13. The van der Waals surface area contributed by atoms with Crippen LogP contribution in [0, 0.1) is 6.92 Å². The van der Waals surface area contributed by atoms with Gasteiger partial charge < -0.3 is 15.5 Å². The first-order valence-electron chi connectivity index (χ1n) is 6.24. The summed E-state index contributed by atoms with van der Waals surface area (Å²) in [7, 11) is 0. The van der Waals surface area contributed by atoms with Crippen LogP contribution in [0.4, 0.5) is 11.6 Å². The van der Waals surface area contributed by atoms with Crippen molar-refractivity contribution in [2.24, 2.45) is 5.84 Å². The molecule has 0 saturated carbocycles. The summed E-state index contributed by atoms with van der Waals surface area (Å²) in [6.07, 6.45) is 0. The second-order valence-corrected chi connectivity index (χ2v) is 4.36. The number of ether oxygens (including phenoxy) is 1. The summed E-state index contributed by atoms with van der Waals surface area (Å²) < 4.78 is 4.85. The van der Waals surface area contributed by atoms with Crippen molar-refractivity contribution in [2.75, 3.05) is 23.9 Å². The van der Waals surface area contributed by atoms with Crippen molar-refractivity contribution in [1.29, 1.82) is 0 Å². The first kappa shape index (κ1) is 15.2. The fourth-order valence-electron chi connectivity index (χ4n) is 1.47. The molecular formula is C12H21N5O2. The monoisotopic (exact) mass is 267 g/mol. The van der Waals surface area contributed by atoms with Gasteiger partial charge >= 0.3 is 5.97 Å². The molecule has 0 bridgehead atoms. The molecule has 1 heterocycles. The standard InChI is InChI=1S/C12H21N5O2/c1-5-19-9(18)6-14-11-8(4)12(17-13)16-10(15-11)7(2)3/h7H,5-6,13H2,1-4H3,(H2,14,15,16,17). The largest absolute Gasteiger partial charge is 0.465 e. The number of aromatic nitrogens is 2. The molecule has 7 nitrogen and oxygen atoms in total. The van der Waals surface area contributed by atoms with Crippen molar-refractivity contribution in [3.63, 3.8) is 0 Å². The van der Waals surface area contributed by atoms with Gasteiger partial charge in [0.1, 0.15) is 24.0 Å². The molecule has 0 unspecified atom stereocenters. The Morgan fingerprint density at radius 3 is 2.53 bits per heavy atom. The van der Waals surface area contributed by atoms with Crippen LogP contribution in [0.3, 0.4) is 0 Å². The average molecular weight is 267 g/mol. The Morgan fingerprint density at radius 2 is 2.00 bits per heavy atom. The molecule has 4 N–H and O–H groups in total. The molecule has 0 radical (unpaired) electrons. The van der Waals surface area contributed by atoms with Crippen LogP contribution >= 0.6 is 0 Å². The lowest BCUT2D eigenvalue weighted by Crippen LogP contribution is -2.20. The van der Waals surface area contributed by atoms with E-state index in [1.807, 2.05) is 20.8 Å². The molecular weight excluding hydrogens is 246 g/mol. The number of nitrogens with zero attached hydrogens (tertiary/aromatic N) is 2. The quantitative estimate of drug-likeness (QED) is 0.404. The predicted octanol–water partition coefficient (Wildman–Crippen LogP) is 1.17. The number of hydrogen-bond donors (Lipinski definition) is 3. The molecule has 1 aromatic rings. The minimum Gasteiger partial charge on any atom is -0.465 e. The molecule has 1 rings (SSSR count). The zero-order valence-corrected chi connectivity index (χ0v) is 11.8. The van der Waals surface area contributed by atoms with Crippen LogP contribution in [0.15, 0.2) is 0 Å². The summed E-state index contributed by atoms with van der Waals surface area (Å²) in [5, 5.41) is 2.95. The van der Waals surface area contributed by atoms with E-state index >= 15 is 0 Å². The Morgan fingerprint density at radius 1 is 1.37 bits per heavy atom. The number of carbonyl (C=O) groups is 1. The molecule has 1 aromatic heterocycles. The Hall–Kier alpha value is -1.89. The van der Waals surface area contributed by atoms with Gasteiger partial charge in [0.05, 0.1) is 6.61 Å². The average Bonchev–Trinajstić information content (AvgIpc) is 2.37. The molecule has 0 spiro atoms. The van der Waals surface area contributed by atoms with E-state index in [1.165, 1.54) is 0 Å². The summed E-state index contributed by atoms with van der Waals surface area (Å²) in [4.78, 5) is 20.0. The molecule has 19 heavy (non-hydrogen) atoms. The van der Waals surface area contributed by atoms with Crippen molar-refractivity contribution in [3.05, 3.63) is 11.4 Å². The third kappa shape index (κ3) is 4.06. The molecule has 0 aliphatic heterocycles. The van der Waals surface area contributed by atoms with Gasteiger partial charge in [-0.05, 0) is 13.8 Å². The van der Waals surface area contributed by atoms with Crippen LogP contribution in [0.2, 0.25) is 0 Å². The van der Waals surface area contributed by atoms with E-state index in [-0.39, 0.29) is 18.4 Å². The van der Waals surface area contributed by atoms with E-state index in [1.54, 1.807) is 6.92 Å². The highest BCUT2D eigenvalue weighted by molar-refractivity contribution is 5.75. The fraction of sp³-hybridized carbons (Fsp3) is 0.583. The lowest BCUT2D eigenvalue weighted by molar-refractivity contribution is -0.140. The molecule has 7 heteroatoms. The van der Waals surface area contributed by atoms with Crippen LogP contribution in [-0.4, -0.2) is 29.1 Å². The number of esters is 1. The lowest BCUT2D eigenvalue weighted by atomic mass is 10.2. The van der Waals surface area contributed by atoms with Crippen molar-refractivity contribution in [2.45, 2.75) is 33.6 Å². The fourth-order valence-corrected chi connectivity index (χ4v) is 1.47. The van der Waals surface area contributed by atoms with Gasteiger partial charge in [-0.1, -0.05) is 13.8 Å². The maximum Gasteiger partial charge on any atom is 0.325 e. The second kappa shape index (κ2) is 6.89. The van der Waals surface area contributed by atoms with Crippen molar-refractivity contribution < 1.29 is 9.53 Å². The summed E-state index contributed by atoms with van der Waals surface area (Å²) in [5.41, 5.74) is 3.30. The summed E-state index contributed by atoms with van der Waals surface area (Å²) in [6, 6.07) is 0.